The monoisotopic (exact) mass is 362 g/mol. The second-order valence-corrected chi connectivity index (χ2v) is 7.76. The van der Waals surface area contributed by atoms with Gasteiger partial charge in [0.1, 0.15) is 0 Å². The van der Waals surface area contributed by atoms with E-state index in [-0.39, 0.29) is 24.4 Å². The Bertz CT molecular complexity index is 501. The summed E-state index contributed by atoms with van der Waals surface area (Å²) in [7, 11) is -0.285. The van der Waals surface area contributed by atoms with Crippen LogP contribution in [0.1, 0.15) is 92.6 Å². The van der Waals surface area contributed by atoms with E-state index in [1.807, 2.05) is 27.7 Å². The maximum Gasteiger partial charge on any atom is 0.494 e. The maximum absolute atomic E-state index is 9.63. The van der Waals surface area contributed by atoms with Gasteiger partial charge in [-0.25, -0.2) is 0 Å². The van der Waals surface area contributed by atoms with E-state index in [0.717, 1.165) is 31.1 Å². The Morgan fingerprint density at radius 2 is 1.23 bits per heavy atom. The van der Waals surface area contributed by atoms with Crippen LogP contribution in [0, 0.1) is 0 Å². The smallest absolute Gasteiger partial charge is 0.399 e. The highest BCUT2D eigenvalue weighted by molar-refractivity contribution is 6.62. The van der Waals surface area contributed by atoms with Crippen molar-refractivity contribution in [2.75, 3.05) is 0 Å². The summed E-state index contributed by atoms with van der Waals surface area (Å²) in [6, 6.07) is 8.65. The Morgan fingerprint density at radius 3 is 1.65 bits per heavy atom. The van der Waals surface area contributed by atoms with Gasteiger partial charge in [-0.3, -0.25) is 0 Å². The Hall–Kier alpha value is -0.835. The molecule has 1 saturated carbocycles. The van der Waals surface area contributed by atoms with Gasteiger partial charge in [0.2, 0.25) is 0 Å². The average Bonchev–Trinajstić information content (AvgIpc) is 2.87. The zero-order valence-corrected chi connectivity index (χ0v) is 18.1. The molecule has 2 fully saturated rings. The standard InChI is InChI=1S/C18H27BO3.2C2H6/c1-17(2)18(3,4)22-19(21-17)15-9-5-13(6-10-15)14-7-11-16(20)12-8-14;2*1-2/h5-6,9-10,14,16,20H,7-8,11-12H2,1-4H3;2*1-2H3. The molecule has 1 N–H and O–H groups in total. The highest BCUT2D eigenvalue weighted by atomic mass is 16.7. The van der Waals surface area contributed by atoms with Gasteiger partial charge in [-0.15, -0.1) is 0 Å². The summed E-state index contributed by atoms with van der Waals surface area (Å²) in [5, 5.41) is 9.63. The fourth-order valence-electron chi connectivity index (χ4n) is 3.31. The van der Waals surface area contributed by atoms with Crippen LogP contribution in [0.2, 0.25) is 0 Å². The fourth-order valence-corrected chi connectivity index (χ4v) is 3.31. The van der Waals surface area contributed by atoms with Crippen molar-refractivity contribution in [1.82, 2.24) is 0 Å². The van der Waals surface area contributed by atoms with Crippen LogP contribution in [-0.2, 0) is 9.31 Å². The molecule has 0 radical (unpaired) electrons. The number of hydrogen-bond acceptors (Lipinski definition) is 3. The Balaban J connectivity index is 0.000000791. The second-order valence-electron chi connectivity index (χ2n) is 7.76. The fraction of sp³-hybridized carbons (Fsp3) is 0.727. The first kappa shape index (κ1) is 23.2. The highest BCUT2D eigenvalue weighted by Crippen LogP contribution is 2.37. The van der Waals surface area contributed by atoms with E-state index in [1.54, 1.807) is 0 Å². The summed E-state index contributed by atoms with van der Waals surface area (Å²) in [5.74, 6) is 0.579. The lowest BCUT2D eigenvalue weighted by atomic mass is 9.77. The van der Waals surface area contributed by atoms with Crippen molar-refractivity contribution >= 4 is 12.6 Å². The zero-order chi connectivity index (χ0) is 20.0. The molecule has 1 heterocycles. The van der Waals surface area contributed by atoms with Crippen molar-refractivity contribution in [3.05, 3.63) is 29.8 Å². The molecule has 1 saturated heterocycles. The van der Waals surface area contributed by atoms with Crippen LogP contribution in [0.4, 0.5) is 0 Å². The lowest BCUT2D eigenvalue weighted by Crippen LogP contribution is -2.41. The average molecular weight is 362 g/mol. The van der Waals surface area contributed by atoms with E-state index < -0.39 is 0 Å². The Morgan fingerprint density at radius 1 is 0.808 bits per heavy atom. The van der Waals surface area contributed by atoms with E-state index in [4.69, 9.17) is 9.31 Å². The van der Waals surface area contributed by atoms with Gasteiger partial charge < -0.3 is 14.4 Å². The maximum atomic E-state index is 9.63. The van der Waals surface area contributed by atoms with Gasteiger partial charge in [-0.05, 0) is 70.3 Å². The quantitative estimate of drug-likeness (QED) is 0.748. The molecule has 1 aliphatic carbocycles. The number of benzene rings is 1. The van der Waals surface area contributed by atoms with Crippen molar-refractivity contribution in [3.63, 3.8) is 0 Å². The largest absolute Gasteiger partial charge is 0.494 e. The third-order valence-corrected chi connectivity index (χ3v) is 5.63. The predicted molar refractivity (Wildman–Crippen MR) is 112 cm³/mol. The van der Waals surface area contributed by atoms with Gasteiger partial charge in [0, 0.05) is 0 Å². The van der Waals surface area contributed by atoms with Crippen molar-refractivity contribution in [3.8, 4) is 0 Å². The molecule has 3 nitrogen and oxygen atoms in total. The SMILES string of the molecule is CC.CC.CC1(C)OB(c2ccc(C3CCC(O)CC3)cc2)OC1(C)C. The molecule has 0 atom stereocenters. The van der Waals surface area contributed by atoms with Gasteiger partial charge >= 0.3 is 7.12 Å². The predicted octanol–water partition coefficient (Wildman–Crippen LogP) is 5.06. The summed E-state index contributed by atoms with van der Waals surface area (Å²) in [6.07, 6.45) is 3.90. The topological polar surface area (TPSA) is 38.7 Å². The summed E-state index contributed by atoms with van der Waals surface area (Å²) < 4.78 is 12.2. The zero-order valence-electron chi connectivity index (χ0n) is 18.1. The number of aliphatic hydroxyl groups is 1. The molecule has 4 heteroatoms. The summed E-state index contributed by atoms with van der Waals surface area (Å²) >= 11 is 0. The lowest BCUT2D eigenvalue weighted by Gasteiger charge is -2.32. The molecule has 0 unspecified atom stereocenters. The first-order chi connectivity index (χ1) is 12.3. The van der Waals surface area contributed by atoms with Gasteiger partial charge in [0.05, 0.1) is 17.3 Å². The molecule has 1 aromatic rings. The first-order valence-corrected chi connectivity index (χ1v) is 10.4. The van der Waals surface area contributed by atoms with Gasteiger partial charge in [0.15, 0.2) is 0 Å². The first-order valence-electron chi connectivity index (χ1n) is 10.4. The molecule has 0 spiro atoms. The minimum Gasteiger partial charge on any atom is -0.399 e. The van der Waals surface area contributed by atoms with Crippen LogP contribution in [0.15, 0.2) is 24.3 Å². The third-order valence-electron chi connectivity index (χ3n) is 5.63. The molecule has 0 aromatic heterocycles. The van der Waals surface area contributed by atoms with Crippen LogP contribution in [-0.4, -0.2) is 29.5 Å². The normalized spacial score (nSPS) is 26.3. The third kappa shape index (κ3) is 5.34. The number of hydrogen-bond donors (Lipinski definition) is 1. The van der Waals surface area contributed by atoms with Crippen LogP contribution < -0.4 is 5.46 Å². The molecule has 0 amide bonds. The lowest BCUT2D eigenvalue weighted by molar-refractivity contribution is 0.00578. The second kappa shape index (κ2) is 9.91. The van der Waals surface area contributed by atoms with E-state index >= 15 is 0 Å². The molecule has 148 valence electrons. The van der Waals surface area contributed by atoms with Crippen LogP contribution in [0.3, 0.4) is 0 Å². The van der Waals surface area contributed by atoms with Gasteiger partial charge in [-0.1, -0.05) is 52.0 Å². The molecule has 1 aromatic carbocycles. The Labute approximate surface area is 161 Å². The van der Waals surface area contributed by atoms with Crippen molar-refractivity contribution in [2.45, 2.75) is 104 Å². The van der Waals surface area contributed by atoms with E-state index in [0.29, 0.717) is 5.92 Å². The Kier molecular flexibility index (Phi) is 8.85. The van der Waals surface area contributed by atoms with E-state index in [1.165, 1.54) is 5.56 Å². The molecule has 0 bridgehead atoms. The van der Waals surface area contributed by atoms with Gasteiger partial charge in [-0.2, -0.15) is 0 Å². The number of aliphatic hydroxyl groups excluding tert-OH is 1. The molecule has 2 aliphatic rings. The molecule has 3 rings (SSSR count). The van der Waals surface area contributed by atoms with Crippen molar-refractivity contribution in [2.24, 2.45) is 0 Å². The van der Waals surface area contributed by atoms with Gasteiger partial charge in [0.25, 0.3) is 0 Å². The summed E-state index contributed by atoms with van der Waals surface area (Å²) in [4.78, 5) is 0. The molecular formula is C22H39BO3. The molecule has 1 aliphatic heterocycles. The van der Waals surface area contributed by atoms with E-state index in [2.05, 4.69) is 52.0 Å². The summed E-state index contributed by atoms with van der Waals surface area (Å²) in [5.41, 5.74) is 1.86. The van der Waals surface area contributed by atoms with Crippen LogP contribution in [0.5, 0.6) is 0 Å². The molecule has 26 heavy (non-hydrogen) atoms. The summed E-state index contributed by atoms with van der Waals surface area (Å²) in [6.45, 7) is 16.3. The van der Waals surface area contributed by atoms with Crippen LogP contribution >= 0.6 is 0 Å². The minimum atomic E-state index is -0.296. The van der Waals surface area contributed by atoms with Crippen molar-refractivity contribution in [1.29, 1.82) is 0 Å². The van der Waals surface area contributed by atoms with E-state index in [9.17, 15) is 5.11 Å². The van der Waals surface area contributed by atoms with Crippen molar-refractivity contribution < 1.29 is 14.4 Å². The molecular weight excluding hydrogens is 323 g/mol. The highest BCUT2D eigenvalue weighted by Gasteiger charge is 2.51. The minimum absolute atomic E-state index is 0.0970. The van der Waals surface area contributed by atoms with Crippen LogP contribution in [0.25, 0.3) is 0 Å². The number of rotatable bonds is 2.